The van der Waals surface area contributed by atoms with Gasteiger partial charge in [0.1, 0.15) is 5.82 Å². The molecule has 1 fully saturated rings. The number of benzene rings is 1. The average Bonchev–Trinajstić information content (AvgIpc) is 2.55. The molecule has 2 nitrogen and oxygen atoms in total. The van der Waals surface area contributed by atoms with Crippen molar-refractivity contribution in [1.82, 2.24) is 4.90 Å². The van der Waals surface area contributed by atoms with Crippen LogP contribution in [0, 0.1) is 5.82 Å². The number of nitrogens with zero attached hydrogens (tertiary/aromatic N) is 1. The number of likely N-dealkylation sites (tertiary alicyclic amines) is 1. The van der Waals surface area contributed by atoms with Gasteiger partial charge in [-0.25, -0.2) is 4.39 Å². The van der Waals surface area contributed by atoms with Crippen LogP contribution >= 0.6 is 15.9 Å². The molecule has 16 heavy (non-hydrogen) atoms. The molecule has 4 heteroatoms. The van der Waals surface area contributed by atoms with Crippen molar-refractivity contribution in [3.8, 4) is 0 Å². The number of nitrogens with two attached hydrogens (primary N) is 1. The molecule has 0 radical (unpaired) electrons. The van der Waals surface area contributed by atoms with Gasteiger partial charge in [0.05, 0.1) is 4.47 Å². The van der Waals surface area contributed by atoms with Crippen molar-refractivity contribution in [2.24, 2.45) is 5.73 Å². The third kappa shape index (κ3) is 2.44. The Bertz CT molecular complexity index is 383. The molecule has 2 unspecified atom stereocenters. The molecule has 0 bridgehead atoms. The fourth-order valence-electron chi connectivity index (χ4n) is 2.13. The molecular formula is C12H16BrFN2. The SMILES string of the molecule is CC1C(N)CCN1Cc1ccc(F)c(Br)c1. The lowest BCUT2D eigenvalue weighted by atomic mass is 10.1. The maximum atomic E-state index is 13.1. The summed E-state index contributed by atoms with van der Waals surface area (Å²) in [5.41, 5.74) is 7.09. The molecule has 0 amide bonds. The van der Waals surface area contributed by atoms with Crippen molar-refractivity contribution in [2.45, 2.75) is 32.0 Å². The summed E-state index contributed by atoms with van der Waals surface area (Å²) < 4.78 is 13.6. The minimum atomic E-state index is -0.213. The van der Waals surface area contributed by atoms with Gasteiger partial charge in [0.25, 0.3) is 0 Å². The maximum absolute atomic E-state index is 13.1. The van der Waals surface area contributed by atoms with Gasteiger partial charge in [-0.05, 0) is 47.0 Å². The zero-order valence-corrected chi connectivity index (χ0v) is 10.9. The summed E-state index contributed by atoms with van der Waals surface area (Å²) >= 11 is 3.20. The van der Waals surface area contributed by atoms with Crippen LogP contribution in [0.1, 0.15) is 18.9 Å². The molecular weight excluding hydrogens is 271 g/mol. The number of hydrogen-bond donors (Lipinski definition) is 1. The van der Waals surface area contributed by atoms with Gasteiger partial charge in [-0.3, -0.25) is 4.90 Å². The van der Waals surface area contributed by atoms with Crippen molar-refractivity contribution in [1.29, 1.82) is 0 Å². The van der Waals surface area contributed by atoms with E-state index in [0.29, 0.717) is 10.5 Å². The van der Waals surface area contributed by atoms with Crippen LogP contribution < -0.4 is 5.73 Å². The molecule has 88 valence electrons. The largest absolute Gasteiger partial charge is 0.326 e. The van der Waals surface area contributed by atoms with Crippen molar-refractivity contribution >= 4 is 15.9 Å². The Labute approximate surface area is 104 Å². The second-order valence-electron chi connectivity index (χ2n) is 4.41. The molecule has 0 aliphatic carbocycles. The highest BCUT2D eigenvalue weighted by atomic mass is 79.9. The van der Waals surface area contributed by atoms with Crippen molar-refractivity contribution in [3.63, 3.8) is 0 Å². The first-order valence-corrected chi connectivity index (χ1v) is 6.31. The average molecular weight is 287 g/mol. The van der Waals surface area contributed by atoms with Crippen LogP contribution in [0.2, 0.25) is 0 Å². The van der Waals surface area contributed by atoms with Crippen molar-refractivity contribution < 1.29 is 4.39 Å². The second-order valence-corrected chi connectivity index (χ2v) is 5.27. The highest BCUT2D eigenvalue weighted by molar-refractivity contribution is 9.10. The van der Waals surface area contributed by atoms with Gasteiger partial charge in [0, 0.05) is 25.2 Å². The lowest BCUT2D eigenvalue weighted by Gasteiger charge is -2.23. The van der Waals surface area contributed by atoms with E-state index in [1.165, 1.54) is 6.07 Å². The first-order chi connectivity index (χ1) is 7.58. The molecule has 1 aliphatic heterocycles. The molecule has 1 aromatic carbocycles. The van der Waals surface area contributed by atoms with E-state index in [4.69, 9.17) is 5.73 Å². The smallest absolute Gasteiger partial charge is 0.137 e. The van der Waals surface area contributed by atoms with Gasteiger partial charge in [0.15, 0.2) is 0 Å². The summed E-state index contributed by atoms with van der Waals surface area (Å²) in [5.74, 6) is -0.213. The quantitative estimate of drug-likeness (QED) is 0.905. The topological polar surface area (TPSA) is 29.3 Å². The third-order valence-corrected chi connectivity index (χ3v) is 3.92. The van der Waals surface area contributed by atoms with E-state index >= 15 is 0 Å². The minimum Gasteiger partial charge on any atom is -0.326 e. The second kappa shape index (κ2) is 4.82. The van der Waals surface area contributed by atoms with Crippen LogP contribution in [0.25, 0.3) is 0 Å². The van der Waals surface area contributed by atoms with Crippen molar-refractivity contribution in [3.05, 3.63) is 34.1 Å². The summed E-state index contributed by atoms with van der Waals surface area (Å²) in [6.07, 6.45) is 1.05. The number of halogens is 2. The molecule has 0 aromatic heterocycles. The number of rotatable bonds is 2. The molecule has 0 saturated carbocycles. The molecule has 2 N–H and O–H groups in total. The van der Waals surface area contributed by atoms with E-state index < -0.39 is 0 Å². The molecule has 1 saturated heterocycles. The molecule has 1 aromatic rings. The van der Waals surface area contributed by atoms with Crippen LogP contribution in [0.4, 0.5) is 4.39 Å². The van der Waals surface area contributed by atoms with Gasteiger partial charge in [-0.2, -0.15) is 0 Å². The van der Waals surface area contributed by atoms with Crippen LogP contribution in [-0.4, -0.2) is 23.5 Å². The molecule has 1 heterocycles. The highest BCUT2D eigenvalue weighted by Gasteiger charge is 2.27. The number of hydrogen-bond acceptors (Lipinski definition) is 2. The van der Waals surface area contributed by atoms with E-state index in [9.17, 15) is 4.39 Å². The Morgan fingerprint density at radius 2 is 2.31 bits per heavy atom. The lowest BCUT2D eigenvalue weighted by Crippen LogP contribution is -2.36. The zero-order chi connectivity index (χ0) is 11.7. The van der Waals surface area contributed by atoms with E-state index in [0.717, 1.165) is 25.1 Å². The molecule has 1 aliphatic rings. The molecule has 2 atom stereocenters. The summed E-state index contributed by atoms with van der Waals surface area (Å²) in [5, 5.41) is 0. The highest BCUT2D eigenvalue weighted by Crippen LogP contribution is 2.22. The summed E-state index contributed by atoms with van der Waals surface area (Å²) in [6, 6.07) is 5.84. The standard InChI is InChI=1S/C12H16BrFN2/c1-8-12(15)4-5-16(8)7-9-2-3-11(14)10(13)6-9/h2-3,6,8,12H,4-5,7,15H2,1H3. The van der Waals surface area contributed by atoms with Gasteiger partial charge in [-0.1, -0.05) is 6.07 Å². The first kappa shape index (κ1) is 12.0. The third-order valence-electron chi connectivity index (χ3n) is 3.31. The Kier molecular flexibility index (Phi) is 3.62. The van der Waals surface area contributed by atoms with Crippen molar-refractivity contribution in [2.75, 3.05) is 6.54 Å². The Balaban J connectivity index is 2.07. The summed E-state index contributed by atoms with van der Waals surface area (Å²) in [4.78, 5) is 2.34. The normalized spacial score (nSPS) is 26.2. The lowest BCUT2D eigenvalue weighted by molar-refractivity contribution is 0.251. The minimum absolute atomic E-state index is 0.213. The Hall–Kier alpha value is -0.450. The Morgan fingerprint density at radius 3 is 2.88 bits per heavy atom. The predicted octanol–water partition coefficient (Wildman–Crippen LogP) is 2.51. The van der Waals surface area contributed by atoms with E-state index in [-0.39, 0.29) is 11.9 Å². The van der Waals surface area contributed by atoms with Crippen LogP contribution in [0.3, 0.4) is 0 Å². The Morgan fingerprint density at radius 1 is 1.56 bits per heavy atom. The van der Waals surface area contributed by atoms with E-state index in [1.807, 2.05) is 12.1 Å². The van der Waals surface area contributed by atoms with Crippen LogP contribution in [0.5, 0.6) is 0 Å². The van der Waals surface area contributed by atoms with Gasteiger partial charge in [0.2, 0.25) is 0 Å². The maximum Gasteiger partial charge on any atom is 0.137 e. The summed E-state index contributed by atoms with van der Waals surface area (Å²) in [6.45, 7) is 4.02. The first-order valence-electron chi connectivity index (χ1n) is 5.51. The zero-order valence-electron chi connectivity index (χ0n) is 9.29. The van der Waals surface area contributed by atoms with Crippen LogP contribution in [-0.2, 0) is 6.54 Å². The summed E-state index contributed by atoms with van der Waals surface area (Å²) in [7, 11) is 0. The van der Waals surface area contributed by atoms with E-state index in [1.54, 1.807) is 0 Å². The predicted molar refractivity (Wildman–Crippen MR) is 66.6 cm³/mol. The fourth-order valence-corrected chi connectivity index (χ4v) is 2.55. The molecule has 2 rings (SSSR count). The van der Waals surface area contributed by atoms with E-state index in [2.05, 4.69) is 27.8 Å². The monoisotopic (exact) mass is 286 g/mol. The van der Waals surface area contributed by atoms with Gasteiger partial charge < -0.3 is 5.73 Å². The van der Waals surface area contributed by atoms with Crippen LogP contribution in [0.15, 0.2) is 22.7 Å². The fraction of sp³-hybridized carbons (Fsp3) is 0.500. The van der Waals surface area contributed by atoms with Gasteiger partial charge >= 0.3 is 0 Å². The van der Waals surface area contributed by atoms with Gasteiger partial charge in [-0.15, -0.1) is 0 Å². The molecule has 0 spiro atoms.